The van der Waals surface area contributed by atoms with Gasteiger partial charge < -0.3 is 5.11 Å². The van der Waals surface area contributed by atoms with Gasteiger partial charge in [0.05, 0.1) is 12.4 Å². The molecule has 0 radical (unpaired) electrons. The SMILES string of the molecule is O=S(=O)(CCO)NCCc1cccs1. The van der Waals surface area contributed by atoms with Gasteiger partial charge in [-0.25, -0.2) is 13.1 Å². The molecule has 1 aromatic rings. The van der Waals surface area contributed by atoms with Crippen LogP contribution in [-0.2, 0) is 16.4 Å². The van der Waals surface area contributed by atoms with Crippen LogP contribution in [0.2, 0.25) is 0 Å². The van der Waals surface area contributed by atoms with Crippen molar-refractivity contribution in [2.24, 2.45) is 0 Å². The van der Waals surface area contributed by atoms with Crippen molar-refractivity contribution in [3.63, 3.8) is 0 Å². The quantitative estimate of drug-likeness (QED) is 0.740. The topological polar surface area (TPSA) is 66.4 Å². The molecule has 0 bridgehead atoms. The Labute approximate surface area is 87.6 Å². The molecule has 0 aliphatic rings. The summed E-state index contributed by atoms with van der Waals surface area (Å²) in [7, 11) is -3.28. The minimum absolute atomic E-state index is 0.225. The highest BCUT2D eigenvalue weighted by molar-refractivity contribution is 7.89. The van der Waals surface area contributed by atoms with Gasteiger partial charge in [-0.15, -0.1) is 11.3 Å². The second-order valence-corrected chi connectivity index (χ2v) is 5.72. The number of hydrogen-bond donors (Lipinski definition) is 2. The third kappa shape index (κ3) is 4.19. The Bertz CT molecular complexity index is 345. The van der Waals surface area contributed by atoms with Gasteiger partial charge in [0.25, 0.3) is 0 Å². The van der Waals surface area contributed by atoms with Crippen molar-refractivity contribution in [1.82, 2.24) is 4.72 Å². The lowest BCUT2D eigenvalue weighted by atomic mass is 10.3. The second-order valence-electron chi connectivity index (χ2n) is 2.77. The lowest BCUT2D eigenvalue weighted by Gasteiger charge is -2.03. The summed E-state index contributed by atoms with van der Waals surface area (Å²) in [5.41, 5.74) is 0. The Morgan fingerprint density at radius 2 is 2.29 bits per heavy atom. The molecule has 0 saturated carbocycles. The van der Waals surface area contributed by atoms with E-state index in [4.69, 9.17) is 5.11 Å². The summed E-state index contributed by atoms with van der Waals surface area (Å²) in [4.78, 5) is 1.15. The summed E-state index contributed by atoms with van der Waals surface area (Å²) >= 11 is 1.60. The highest BCUT2D eigenvalue weighted by Gasteiger charge is 2.07. The highest BCUT2D eigenvalue weighted by Crippen LogP contribution is 2.08. The van der Waals surface area contributed by atoms with Gasteiger partial charge in [-0.1, -0.05) is 6.07 Å². The van der Waals surface area contributed by atoms with Crippen molar-refractivity contribution in [2.75, 3.05) is 18.9 Å². The van der Waals surface area contributed by atoms with E-state index in [1.165, 1.54) is 0 Å². The van der Waals surface area contributed by atoms with E-state index >= 15 is 0 Å². The smallest absolute Gasteiger partial charge is 0.213 e. The van der Waals surface area contributed by atoms with Crippen molar-refractivity contribution >= 4 is 21.4 Å². The van der Waals surface area contributed by atoms with Gasteiger partial charge >= 0.3 is 0 Å². The minimum Gasteiger partial charge on any atom is -0.395 e. The molecule has 0 amide bonds. The van der Waals surface area contributed by atoms with Crippen LogP contribution in [-0.4, -0.2) is 32.4 Å². The summed E-state index contributed by atoms with van der Waals surface area (Å²) in [5, 5.41) is 10.4. The zero-order valence-corrected chi connectivity index (χ0v) is 9.27. The first-order valence-corrected chi connectivity index (χ1v) is 6.78. The fourth-order valence-electron chi connectivity index (χ4n) is 0.977. The molecule has 1 heterocycles. The number of nitrogens with one attached hydrogen (secondary N) is 1. The molecule has 0 aliphatic heterocycles. The fourth-order valence-corrected chi connectivity index (χ4v) is 2.48. The van der Waals surface area contributed by atoms with E-state index in [1.807, 2.05) is 17.5 Å². The molecule has 0 saturated heterocycles. The monoisotopic (exact) mass is 235 g/mol. The number of hydrogen-bond acceptors (Lipinski definition) is 4. The largest absolute Gasteiger partial charge is 0.395 e. The molecule has 0 unspecified atom stereocenters. The van der Waals surface area contributed by atoms with Gasteiger partial charge in [0, 0.05) is 11.4 Å². The van der Waals surface area contributed by atoms with Crippen molar-refractivity contribution in [2.45, 2.75) is 6.42 Å². The lowest BCUT2D eigenvalue weighted by molar-refractivity contribution is 0.319. The first-order valence-electron chi connectivity index (χ1n) is 4.24. The predicted molar refractivity (Wildman–Crippen MR) is 56.9 cm³/mol. The van der Waals surface area contributed by atoms with Crippen LogP contribution >= 0.6 is 11.3 Å². The van der Waals surface area contributed by atoms with Gasteiger partial charge in [-0.3, -0.25) is 0 Å². The Morgan fingerprint density at radius 3 is 2.86 bits per heavy atom. The molecule has 0 spiro atoms. The Hall–Kier alpha value is -0.430. The number of aliphatic hydroxyl groups is 1. The maximum atomic E-state index is 11.1. The molecule has 2 N–H and O–H groups in total. The van der Waals surface area contributed by atoms with E-state index in [9.17, 15) is 8.42 Å². The predicted octanol–water partition coefficient (Wildman–Crippen LogP) is 0.202. The molecule has 0 aromatic carbocycles. The summed E-state index contributed by atoms with van der Waals surface area (Å²) in [6.45, 7) is 0.0528. The summed E-state index contributed by atoms with van der Waals surface area (Å²) in [5.74, 6) is -0.225. The van der Waals surface area contributed by atoms with Crippen LogP contribution < -0.4 is 4.72 Å². The maximum Gasteiger partial charge on any atom is 0.213 e. The van der Waals surface area contributed by atoms with E-state index in [1.54, 1.807) is 11.3 Å². The first kappa shape index (κ1) is 11.6. The third-order valence-electron chi connectivity index (χ3n) is 1.63. The average molecular weight is 235 g/mol. The number of rotatable bonds is 6. The second kappa shape index (κ2) is 5.45. The van der Waals surface area contributed by atoms with Gasteiger partial charge in [0.2, 0.25) is 10.0 Å². The van der Waals surface area contributed by atoms with E-state index in [-0.39, 0.29) is 12.4 Å². The summed E-state index contributed by atoms with van der Waals surface area (Å²) < 4.78 is 24.6. The zero-order valence-electron chi connectivity index (χ0n) is 7.64. The van der Waals surface area contributed by atoms with Crippen molar-refractivity contribution in [3.8, 4) is 0 Å². The van der Waals surface area contributed by atoms with Crippen LogP contribution in [0.25, 0.3) is 0 Å². The normalized spacial score (nSPS) is 11.8. The van der Waals surface area contributed by atoms with Crippen LogP contribution in [0, 0.1) is 0 Å². The molecular formula is C8H13NO3S2. The summed E-state index contributed by atoms with van der Waals surface area (Å²) in [6.07, 6.45) is 0.697. The fraction of sp³-hybridized carbons (Fsp3) is 0.500. The molecular weight excluding hydrogens is 222 g/mol. The molecule has 0 fully saturated rings. The lowest BCUT2D eigenvalue weighted by Crippen LogP contribution is -2.29. The van der Waals surface area contributed by atoms with Crippen LogP contribution in [0.15, 0.2) is 17.5 Å². The van der Waals surface area contributed by atoms with Crippen LogP contribution in [0.4, 0.5) is 0 Å². The van der Waals surface area contributed by atoms with Gasteiger partial charge in [0.1, 0.15) is 0 Å². The van der Waals surface area contributed by atoms with Crippen LogP contribution in [0.5, 0.6) is 0 Å². The average Bonchev–Trinajstić information content (AvgIpc) is 2.56. The third-order valence-corrected chi connectivity index (χ3v) is 3.93. The van der Waals surface area contributed by atoms with Gasteiger partial charge in [-0.2, -0.15) is 0 Å². The minimum atomic E-state index is -3.28. The first-order chi connectivity index (χ1) is 6.64. The number of sulfonamides is 1. The number of thiophene rings is 1. The van der Waals surface area contributed by atoms with E-state index in [2.05, 4.69) is 4.72 Å². The molecule has 1 rings (SSSR count). The Kier molecular flexibility index (Phi) is 4.53. The molecule has 0 atom stereocenters. The standard InChI is InChI=1S/C8H13NO3S2/c10-5-7-14(11,12)9-4-3-8-2-1-6-13-8/h1-2,6,9-10H,3-5,7H2. The van der Waals surface area contributed by atoms with Gasteiger partial charge in [0.15, 0.2) is 0 Å². The van der Waals surface area contributed by atoms with Gasteiger partial charge in [-0.05, 0) is 17.9 Å². The molecule has 14 heavy (non-hydrogen) atoms. The molecule has 0 aliphatic carbocycles. The van der Waals surface area contributed by atoms with E-state index < -0.39 is 10.0 Å². The molecule has 80 valence electrons. The van der Waals surface area contributed by atoms with E-state index in [0.717, 1.165) is 4.88 Å². The van der Waals surface area contributed by atoms with Crippen LogP contribution in [0.1, 0.15) is 4.88 Å². The van der Waals surface area contributed by atoms with E-state index in [0.29, 0.717) is 13.0 Å². The summed E-state index contributed by atoms with van der Waals surface area (Å²) in [6, 6.07) is 3.90. The Morgan fingerprint density at radius 1 is 1.50 bits per heavy atom. The maximum absolute atomic E-state index is 11.1. The van der Waals surface area contributed by atoms with Crippen molar-refractivity contribution in [1.29, 1.82) is 0 Å². The molecule has 6 heteroatoms. The molecule has 4 nitrogen and oxygen atoms in total. The highest BCUT2D eigenvalue weighted by atomic mass is 32.2. The van der Waals surface area contributed by atoms with Crippen molar-refractivity contribution in [3.05, 3.63) is 22.4 Å². The Balaban J connectivity index is 2.28. The number of aliphatic hydroxyl groups excluding tert-OH is 1. The van der Waals surface area contributed by atoms with Crippen molar-refractivity contribution < 1.29 is 13.5 Å². The zero-order chi connectivity index (χ0) is 10.4. The van der Waals surface area contributed by atoms with Crippen LogP contribution in [0.3, 0.4) is 0 Å². The molecule has 1 aromatic heterocycles.